The SMILES string of the molecule is COCC(=O)NC[C@@H]1C=C(C)[C@H](Cc2nnc(-c3ccc(OC)cc3)o2)C[C@H]1C(C)C. The number of rotatable bonds is 9. The number of amides is 1. The zero-order valence-corrected chi connectivity index (χ0v) is 19.1. The van der Waals surface area contributed by atoms with E-state index in [0.29, 0.717) is 42.0 Å². The second-order valence-corrected chi connectivity index (χ2v) is 8.59. The Balaban J connectivity index is 1.68. The second-order valence-electron chi connectivity index (χ2n) is 8.59. The maximum absolute atomic E-state index is 11.8. The number of benzene rings is 1. The van der Waals surface area contributed by atoms with Gasteiger partial charge in [-0.15, -0.1) is 10.2 Å². The maximum atomic E-state index is 11.8. The first-order chi connectivity index (χ1) is 14.9. The van der Waals surface area contributed by atoms with Gasteiger partial charge in [-0.25, -0.2) is 0 Å². The number of allylic oxidation sites excluding steroid dienone is 1. The molecule has 0 fully saturated rings. The summed E-state index contributed by atoms with van der Waals surface area (Å²) in [6, 6.07) is 7.59. The third-order valence-corrected chi connectivity index (χ3v) is 6.12. The molecule has 7 heteroatoms. The van der Waals surface area contributed by atoms with Gasteiger partial charge in [-0.3, -0.25) is 4.79 Å². The standard InChI is InChI=1S/C24H33N3O4/c1-15(2)21-11-18(16(3)10-19(21)13-25-22(28)14-29-4)12-23-26-27-24(31-23)17-6-8-20(30-5)9-7-17/h6-10,15,18-19,21H,11-14H2,1-5H3,(H,25,28)/t18-,19-,21-/m0/s1. The molecule has 1 N–H and O–H groups in total. The number of methoxy groups -OCH3 is 2. The lowest BCUT2D eigenvalue weighted by atomic mass is 9.70. The van der Waals surface area contributed by atoms with Crippen molar-refractivity contribution in [2.24, 2.45) is 23.7 Å². The Hall–Kier alpha value is -2.67. The molecule has 3 rings (SSSR count). The molecule has 168 valence electrons. The number of ether oxygens (including phenoxy) is 2. The van der Waals surface area contributed by atoms with Crippen LogP contribution in [0.1, 0.15) is 33.1 Å². The van der Waals surface area contributed by atoms with Crippen LogP contribution >= 0.6 is 0 Å². The number of nitrogens with one attached hydrogen (secondary N) is 1. The minimum absolute atomic E-state index is 0.0740. The van der Waals surface area contributed by atoms with E-state index in [1.54, 1.807) is 7.11 Å². The second kappa shape index (κ2) is 10.6. The Morgan fingerprint density at radius 2 is 1.97 bits per heavy atom. The van der Waals surface area contributed by atoms with Crippen molar-refractivity contribution >= 4 is 5.91 Å². The van der Waals surface area contributed by atoms with Crippen molar-refractivity contribution in [2.75, 3.05) is 27.4 Å². The van der Waals surface area contributed by atoms with Gasteiger partial charge < -0.3 is 19.2 Å². The van der Waals surface area contributed by atoms with Crippen LogP contribution < -0.4 is 10.1 Å². The van der Waals surface area contributed by atoms with E-state index in [9.17, 15) is 4.79 Å². The molecule has 3 atom stereocenters. The molecule has 2 aromatic rings. The molecule has 7 nitrogen and oxygen atoms in total. The summed E-state index contributed by atoms with van der Waals surface area (Å²) in [5.41, 5.74) is 2.19. The van der Waals surface area contributed by atoms with E-state index in [4.69, 9.17) is 13.9 Å². The van der Waals surface area contributed by atoms with Crippen LogP contribution in [0.25, 0.3) is 11.5 Å². The highest BCUT2D eigenvalue weighted by Gasteiger charge is 2.32. The van der Waals surface area contributed by atoms with Gasteiger partial charge in [-0.1, -0.05) is 25.5 Å². The number of hydrogen-bond donors (Lipinski definition) is 1. The Labute approximate surface area is 184 Å². The summed E-state index contributed by atoms with van der Waals surface area (Å²) < 4.78 is 16.1. The zero-order valence-electron chi connectivity index (χ0n) is 19.1. The molecule has 1 aliphatic carbocycles. The first-order valence-electron chi connectivity index (χ1n) is 10.8. The number of carbonyl (C=O) groups excluding carboxylic acids is 1. The normalized spacial score (nSPS) is 21.1. The van der Waals surface area contributed by atoms with Gasteiger partial charge >= 0.3 is 0 Å². The highest BCUT2D eigenvalue weighted by Crippen LogP contribution is 2.38. The summed E-state index contributed by atoms with van der Waals surface area (Å²) in [4.78, 5) is 11.8. The Morgan fingerprint density at radius 1 is 1.23 bits per heavy atom. The highest BCUT2D eigenvalue weighted by molar-refractivity contribution is 5.77. The molecule has 1 heterocycles. The fourth-order valence-corrected chi connectivity index (χ4v) is 4.32. The van der Waals surface area contributed by atoms with Crippen molar-refractivity contribution in [1.82, 2.24) is 15.5 Å². The lowest BCUT2D eigenvalue weighted by molar-refractivity contribution is -0.124. The van der Waals surface area contributed by atoms with Gasteiger partial charge in [-0.2, -0.15) is 0 Å². The molecule has 1 aliphatic rings. The Kier molecular flexibility index (Phi) is 7.85. The average molecular weight is 428 g/mol. The van der Waals surface area contributed by atoms with E-state index in [0.717, 1.165) is 24.2 Å². The van der Waals surface area contributed by atoms with Gasteiger partial charge in [0, 0.05) is 25.6 Å². The van der Waals surface area contributed by atoms with Crippen LogP contribution in [0.4, 0.5) is 0 Å². The lowest BCUT2D eigenvalue weighted by Gasteiger charge is -2.37. The summed E-state index contributed by atoms with van der Waals surface area (Å²) >= 11 is 0. The van der Waals surface area contributed by atoms with E-state index in [1.165, 1.54) is 12.7 Å². The molecular weight excluding hydrogens is 394 g/mol. The molecule has 0 saturated carbocycles. The monoisotopic (exact) mass is 427 g/mol. The lowest BCUT2D eigenvalue weighted by Crippen LogP contribution is -2.38. The van der Waals surface area contributed by atoms with Crippen LogP contribution in [0, 0.1) is 23.7 Å². The van der Waals surface area contributed by atoms with Crippen molar-refractivity contribution in [3.05, 3.63) is 41.8 Å². The summed E-state index contributed by atoms with van der Waals surface area (Å²) in [6.45, 7) is 7.38. The molecule has 1 aromatic heterocycles. The zero-order chi connectivity index (χ0) is 22.4. The molecule has 0 aliphatic heterocycles. The van der Waals surface area contributed by atoms with Crippen LogP contribution in [0.5, 0.6) is 5.75 Å². The number of nitrogens with zero attached hydrogens (tertiary/aromatic N) is 2. The highest BCUT2D eigenvalue weighted by atomic mass is 16.5. The van der Waals surface area contributed by atoms with Gasteiger partial charge in [0.05, 0.1) is 7.11 Å². The van der Waals surface area contributed by atoms with Crippen LogP contribution in [-0.2, 0) is 16.0 Å². The fourth-order valence-electron chi connectivity index (χ4n) is 4.32. The van der Waals surface area contributed by atoms with Crippen LogP contribution in [0.3, 0.4) is 0 Å². The smallest absolute Gasteiger partial charge is 0.247 e. The van der Waals surface area contributed by atoms with Crippen molar-refractivity contribution in [2.45, 2.75) is 33.6 Å². The van der Waals surface area contributed by atoms with Crippen molar-refractivity contribution in [3.63, 3.8) is 0 Å². The molecule has 1 aromatic carbocycles. The predicted octanol–water partition coefficient (Wildman–Crippen LogP) is 3.90. The van der Waals surface area contributed by atoms with E-state index in [2.05, 4.69) is 42.4 Å². The van der Waals surface area contributed by atoms with Crippen molar-refractivity contribution in [3.8, 4) is 17.2 Å². The van der Waals surface area contributed by atoms with Crippen LogP contribution in [-0.4, -0.2) is 43.5 Å². The van der Waals surface area contributed by atoms with Gasteiger partial charge in [0.15, 0.2) is 0 Å². The number of carbonyl (C=O) groups is 1. The van der Waals surface area contributed by atoms with Gasteiger partial charge in [0.1, 0.15) is 12.4 Å². The van der Waals surface area contributed by atoms with E-state index in [-0.39, 0.29) is 12.5 Å². The van der Waals surface area contributed by atoms with Gasteiger partial charge in [-0.05, 0) is 61.3 Å². The van der Waals surface area contributed by atoms with Crippen molar-refractivity contribution in [1.29, 1.82) is 0 Å². The first kappa shape index (κ1) is 23.0. The third kappa shape index (κ3) is 5.94. The van der Waals surface area contributed by atoms with Gasteiger partial charge in [0.2, 0.25) is 17.7 Å². The fraction of sp³-hybridized carbons (Fsp3) is 0.542. The maximum Gasteiger partial charge on any atom is 0.247 e. The Morgan fingerprint density at radius 3 is 2.61 bits per heavy atom. The van der Waals surface area contributed by atoms with Crippen molar-refractivity contribution < 1.29 is 18.7 Å². The number of aromatic nitrogens is 2. The molecule has 0 spiro atoms. The van der Waals surface area contributed by atoms with E-state index in [1.807, 2.05) is 24.3 Å². The minimum atomic E-state index is -0.0740. The quantitative estimate of drug-likeness (QED) is 0.611. The molecule has 0 bridgehead atoms. The van der Waals surface area contributed by atoms with E-state index >= 15 is 0 Å². The number of hydrogen-bond acceptors (Lipinski definition) is 6. The van der Waals surface area contributed by atoms with Gasteiger partial charge in [0.25, 0.3) is 0 Å². The summed E-state index contributed by atoms with van der Waals surface area (Å²) in [5.74, 6) is 3.53. The van der Waals surface area contributed by atoms with Crippen LogP contribution in [0.15, 0.2) is 40.3 Å². The summed E-state index contributed by atoms with van der Waals surface area (Å²) in [6.07, 6.45) is 4.06. The summed E-state index contributed by atoms with van der Waals surface area (Å²) in [5, 5.41) is 11.5. The largest absolute Gasteiger partial charge is 0.497 e. The summed E-state index contributed by atoms with van der Waals surface area (Å²) in [7, 11) is 3.17. The first-order valence-corrected chi connectivity index (χ1v) is 10.8. The third-order valence-electron chi connectivity index (χ3n) is 6.12. The minimum Gasteiger partial charge on any atom is -0.497 e. The molecule has 0 unspecified atom stereocenters. The molecule has 0 saturated heterocycles. The molecule has 31 heavy (non-hydrogen) atoms. The topological polar surface area (TPSA) is 86.5 Å². The molecule has 1 amide bonds. The molecule has 0 radical (unpaired) electrons. The molecular formula is C24H33N3O4. The van der Waals surface area contributed by atoms with Crippen LogP contribution in [0.2, 0.25) is 0 Å². The average Bonchev–Trinajstić information content (AvgIpc) is 3.22. The van der Waals surface area contributed by atoms with E-state index < -0.39 is 0 Å². The predicted molar refractivity (Wildman–Crippen MR) is 119 cm³/mol. The Bertz CT molecular complexity index is 888.